The Bertz CT molecular complexity index is 538. The molecular formula is C11H11BrN2O3. The van der Waals surface area contributed by atoms with Crippen LogP contribution in [-0.2, 0) is 6.42 Å². The Kier molecular flexibility index (Phi) is 3.63. The summed E-state index contributed by atoms with van der Waals surface area (Å²) in [6.07, 6.45) is 0.277. The van der Waals surface area contributed by atoms with Crippen LogP contribution < -0.4 is 5.32 Å². The zero-order valence-corrected chi connectivity index (χ0v) is 10.5. The lowest BCUT2D eigenvalue weighted by Gasteiger charge is -1.97. The maximum absolute atomic E-state index is 10.2. The van der Waals surface area contributed by atoms with Gasteiger partial charge in [-0.05, 0) is 24.6 Å². The van der Waals surface area contributed by atoms with Crippen LogP contribution in [0.4, 0.5) is 4.79 Å². The maximum Gasteiger partial charge on any atom is 0.404 e. The second-order valence-electron chi connectivity index (χ2n) is 3.56. The number of oxazole rings is 1. The number of fused-ring (bicyclic) bond motifs is 1. The summed E-state index contributed by atoms with van der Waals surface area (Å²) >= 11 is 3.36. The van der Waals surface area contributed by atoms with Gasteiger partial charge in [0.1, 0.15) is 5.52 Å². The molecule has 5 nitrogen and oxygen atoms in total. The summed E-state index contributed by atoms with van der Waals surface area (Å²) in [4.78, 5) is 14.5. The molecule has 0 aliphatic heterocycles. The molecule has 1 heterocycles. The number of rotatable bonds is 4. The van der Waals surface area contributed by atoms with Crippen LogP contribution in [0.1, 0.15) is 12.3 Å². The smallest absolute Gasteiger partial charge is 0.404 e. The zero-order valence-electron chi connectivity index (χ0n) is 8.94. The molecule has 0 bridgehead atoms. The number of aryl methyl sites for hydroxylation is 1. The van der Waals surface area contributed by atoms with Crippen molar-refractivity contribution >= 4 is 33.1 Å². The number of carbonyl (C=O) groups is 1. The van der Waals surface area contributed by atoms with Gasteiger partial charge in [-0.3, -0.25) is 0 Å². The molecule has 1 aromatic carbocycles. The van der Waals surface area contributed by atoms with Gasteiger partial charge in [0.15, 0.2) is 11.5 Å². The first-order valence-electron chi connectivity index (χ1n) is 5.17. The molecule has 0 aliphatic carbocycles. The van der Waals surface area contributed by atoms with E-state index in [2.05, 4.69) is 26.2 Å². The SMILES string of the molecule is O=C(O)NCCCc1nc2ccc(Br)cc2o1. The van der Waals surface area contributed by atoms with Crippen molar-refractivity contribution in [3.05, 3.63) is 28.6 Å². The quantitative estimate of drug-likeness (QED) is 0.851. The Balaban J connectivity index is 1.97. The van der Waals surface area contributed by atoms with Crippen LogP contribution in [0.3, 0.4) is 0 Å². The predicted octanol–water partition coefficient (Wildman–Crippen LogP) is 2.79. The minimum Gasteiger partial charge on any atom is -0.465 e. The van der Waals surface area contributed by atoms with Gasteiger partial charge in [0.25, 0.3) is 0 Å². The Morgan fingerprint density at radius 3 is 3.12 bits per heavy atom. The van der Waals surface area contributed by atoms with Crippen LogP contribution in [0.25, 0.3) is 11.1 Å². The predicted molar refractivity (Wildman–Crippen MR) is 66.1 cm³/mol. The van der Waals surface area contributed by atoms with Gasteiger partial charge in [0.2, 0.25) is 0 Å². The largest absolute Gasteiger partial charge is 0.465 e. The molecule has 0 fully saturated rings. The minimum atomic E-state index is -1.01. The van der Waals surface area contributed by atoms with Crippen LogP contribution in [0.15, 0.2) is 27.1 Å². The molecule has 2 N–H and O–H groups in total. The van der Waals surface area contributed by atoms with Crippen LogP contribution >= 0.6 is 15.9 Å². The fraction of sp³-hybridized carbons (Fsp3) is 0.273. The van der Waals surface area contributed by atoms with Gasteiger partial charge in [0, 0.05) is 17.4 Å². The van der Waals surface area contributed by atoms with Gasteiger partial charge < -0.3 is 14.8 Å². The highest BCUT2D eigenvalue weighted by Gasteiger charge is 2.05. The van der Waals surface area contributed by atoms with Crippen molar-refractivity contribution < 1.29 is 14.3 Å². The highest BCUT2D eigenvalue weighted by atomic mass is 79.9. The third-order valence-corrected chi connectivity index (χ3v) is 2.73. The zero-order chi connectivity index (χ0) is 12.3. The van der Waals surface area contributed by atoms with Crippen molar-refractivity contribution in [1.29, 1.82) is 0 Å². The van der Waals surface area contributed by atoms with Crippen LogP contribution in [-0.4, -0.2) is 22.7 Å². The number of nitrogens with zero attached hydrogens (tertiary/aromatic N) is 1. The molecule has 17 heavy (non-hydrogen) atoms. The van der Waals surface area contributed by atoms with Gasteiger partial charge in [0.05, 0.1) is 0 Å². The Morgan fingerprint density at radius 2 is 2.35 bits per heavy atom. The molecule has 2 aromatic rings. The van der Waals surface area contributed by atoms with Crippen molar-refractivity contribution in [1.82, 2.24) is 10.3 Å². The van der Waals surface area contributed by atoms with Crippen molar-refractivity contribution in [2.75, 3.05) is 6.54 Å². The van der Waals surface area contributed by atoms with E-state index in [9.17, 15) is 4.79 Å². The normalized spacial score (nSPS) is 10.6. The van der Waals surface area contributed by atoms with Gasteiger partial charge >= 0.3 is 6.09 Å². The molecular weight excluding hydrogens is 288 g/mol. The standard InChI is InChI=1S/C11H11BrN2O3/c12-7-3-4-8-9(6-7)17-10(14-8)2-1-5-13-11(15)16/h3-4,6,13H,1-2,5H2,(H,15,16). The van der Waals surface area contributed by atoms with E-state index in [1.807, 2.05) is 18.2 Å². The third-order valence-electron chi connectivity index (χ3n) is 2.24. The van der Waals surface area contributed by atoms with E-state index in [4.69, 9.17) is 9.52 Å². The molecule has 0 saturated heterocycles. The fourth-order valence-electron chi connectivity index (χ4n) is 1.49. The Morgan fingerprint density at radius 1 is 1.53 bits per heavy atom. The number of hydrogen-bond donors (Lipinski definition) is 2. The van der Waals surface area contributed by atoms with E-state index in [-0.39, 0.29) is 0 Å². The van der Waals surface area contributed by atoms with Gasteiger partial charge in [-0.25, -0.2) is 9.78 Å². The second kappa shape index (κ2) is 5.18. The summed E-state index contributed by atoms with van der Waals surface area (Å²) in [6.45, 7) is 0.401. The fourth-order valence-corrected chi connectivity index (χ4v) is 1.83. The van der Waals surface area contributed by atoms with Crippen LogP contribution in [0, 0.1) is 0 Å². The molecule has 90 valence electrons. The lowest BCUT2D eigenvalue weighted by molar-refractivity contribution is 0.194. The van der Waals surface area contributed by atoms with Crippen molar-refractivity contribution in [2.24, 2.45) is 0 Å². The third kappa shape index (κ3) is 3.20. The highest BCUT2D eigenvalue weighted by molar-refractivity contribution is 9.10. The molecule has 2 rings (SSSR count). The van der Waals surface area contributed by atoms with E-state index in [1.54, 1.807) is 0 Å². The number of aromatic nitrogens is 1. The molecule has 0 unspecified atom stereocenters. The summed E-state index contributed by atoms with van der Waals surface area (Å²) in [5.41, 5.74) is 1.55. The summed E-state index contributed by atoms with van der Waals surface area (Å²) in [5, 5.41) is 10.7. The first kappa shape index (κ1) is 11.9. The van der Waals surface area contributed by atoms with E-state index in [0.29, 0.717) is 25.3 Å². The van der Waals surface area contributed by atoms with E-state index < -0.39 is 6.09 Å². The Hall–Kier alpha value is -1.56. The molecule has 1 aromatic heterocycles. The maximum atomic E-state index is 10.2. The lowest BCUT2D eigenvalue weighted by Crippen LogP contribution is -2.22. The van der Waals surface area contributed by atoms with E-state index in [0.717, 1.165) is 15.6 Å². The number of amides is 1. The lowest BCUT2D eigenvalue weighted by atomic mass is 10.3. The van der Waals surface area contributed by atoms with Gasteiger partial charge in [-0.1, -0.05) is 15.9 Å². The molecule has 0 spiro atoms. The molecule has 1 amide bonds. The topological polar surface area (TPSA) is 75.4 Å². The summed E-state index contributed by atoms with van der Waals surface area (Å²) in [7, 11) is 0. The average Bonchev–Trinajstić information content (AvgIpc) is 2.66. The van der Waals surface area contributed by atoms with Gasteiger partial charge in [-0.15, -0.1) is 0 Å². The molecule has 6 heteroatoms. The first-order chi connectivity index (χ1) is 8.15. The van der Waals surface area contributed by atoms with Crippen molar-refractivity contribution in [3.63, 3.8) is 0 Å². The number of hydrogen-bond acceptors (Lipinski definition) is 3. The molecule has 0 saturated carbocycles. The number of halogens is 1. The summed E-state index contributed by atoms with van der Waals surface area (Å²) in [5.74, 6) is 0.630. The second-order valence-corrected chi connectivity index (χ2v) is 4.47. The molecule has 0 radical (unpaired) electrons. The first-order valence-corrected chi connectivity index (χ1v) is 5.96. The van der Waals surface area contributed by atoms with E-state index >= 15 is 0 Å². The average molecular weight is 299 g/mol. The minimum absolute atomic E-state index is 0.401. The number of benzene rings is 1. The number of carboxylic acid groups (broad SMARTS) is 1. The van der Waals surface area contributed by atoms with E-state index in [1.165, 1.54) is 0 Å². The van der Waals surface area contributed by atoms with Crippen molar-refractivity contribution in [2.45, 2.75) is 12.8 Å². The highest BCUT2D eigenvalue weighted by Crippen LogP contribution is 2.20. The van der Waals surface area contributed by atoms with Gasteiger partial charge in [-0.2, -0.15) is 0 Å². The molecule has 0 atom stereocenters. The summed E-state index contributed by atoms with van der Waals surface area (Å²) < 4.78 is 6.48. The van der Waals surface area contributed by atoms with Crippen LogP contribution in [0.2, 0.25) is 0 Å². The number of nitrogens with one attached hydrogen (secondary N) is 1. The summed E-state index contributed by atoms with van der Waals surface area (Å²) in [6, 6.07) is 5.64. The van der Waals surface area contributed by atoms with Crippen molar-refractivity contribution in [3.8, 4) is 0 Å². The van der Waals surface area contributed by atoms with Crippen LogP contribution in [0.5, 0.6) is 0 Å². The Labute approximate surface area is 106 Å². The molecule has 0 aliphatic rings. The monoisotopic (exact) mass is 298 g/mol.